The highest BCUT2D eigenvalue weighted by Gasteiger charge is 2.24. The summed E-state index contributed by atoms with van der Waals surface area (Å²) in [6, 6.07) is 16.2. The third-order valence-corrected chi connectivity index (χ3v) is 3.42. The van der Waals surface area contributed by atoms with Crippen molar-refractivity contribution in [3.63, 3.8) is 0 Å². The summed E-state index contributed by atoms with van der Waals surface area (Å²) in [5, 5.41) is 18.8. The minimum absolute atomic E-state index is 0.117. The Kier molecular flexibility index (Phi) is 2.74. The van der Waals surface area contributed by atoms with Gasteiger partial charge in [0.15, 0.2) is 0 Å². The largest absolute Gasteiger partial charge is 0.392 e. The van der Waals surface area contributed by atoms with Crippen molar-refractivity contribution in [1.82, 2.24) is 0 Å². The monoisotopic (exact) mass is 238 g/mol. The van der Waals surface area contributed by atoms with Crippen LogP contribution >= 0.6 is 0 Å². The zero-order valence-electron chi connectivity index (χ0n) is 9.93. The van der Waals surface area contributed by atoms with E-state index >= 15 is 0 Å². The Balaban J connectivity index is 2.37. The number of aliphatic hydroxyl groups excluding tert-OH is 2. The van der Waals surface area contributed by atoms with Crippen molar-refractivity contribution >= 4 is 5.57 Å². The van der Waals surface area contributed by atoms with E-state index < -0.39 is 0 Å². The van der Waals surface area contributed by atoms with Crippen molar-refractivity contribution in [2.75, 3.05) is 13.2 Å². The quantitative estimate of drug-likeness (QED) is 0.720. The average Bonchev–Trinajstić information content (AvgIpc) is 2.76. The van der Waals surface area contributed by atoms with Gasteiger partial charge in [-0.15, -0.1) is 0 Å². The molecule has 2 heteroatoms. The molecule has 90 valence electrons. The maximum atomic E-state index is 9.42. The first-order valence-corrected chi connectivity index (χ1v) is 5.99. The van der Waals surface area contributed by atoms with Crippen LogP contribution in [0.1, 0.15) is 11.1 Å². The van der Waals surface area contributed by atoms with Crippen LogP contribution in [0, 0.1) is 0 Å². The predicted octanol–water partition coefficient (Wildman–Crippen LogP) is 2.45. The van der Waals surface area contributed by atoms with Gasteiger partial charge in [0.25, 0.3) is 0 Å². The van der Waals surface area contributed by atoms with Crippen molar-refractivity contribution in [3.8, 4) is 11.1 Å². The summed E-state index contributed by atoms with van der Waals surface area (Å²) in [5.41, 5.74) is 6.18. The number of benzene rings is 2. The van der Waals surface area contributed by atoms with E-state index in [0.717, 1.165) is 16.7 Å². The molecule has 0 fully saturated rings. The summed E-state index contributed by atoms with van der Waals surface area (Å²) in [4.78, 5) is 0. The van der Waals surface area contributed by atoms with Crippen LogP contribution in [0.4, 0.5) is 0 Å². The standard InChI is InChI=1S/C16H14O2/c17-9-11(10-18)16-14-7-3-1-5-12(14)13-6-2-4-8-15(13)16/h1-8,17-18H,9-10H2. The van der Waals surface area contributed by atoms with E-state index in [1.54, 1.807) is 0 Å². The van der Waals surface area contributed by atoms with E-state index in [-0.39, 0.29) is 13.2 Å². The molecule has 3 rings (SSSR count). The molecule has 0 atom stereocenters. The Morgan fingerprint density at radius 1 is 0.667 bits per heavy atom. The summed E-state index contributed by atoms with van der Waals surface area (Å²) >= 11 is 0. The Morgan fingerprint density at radius 3 is 1.44 bits per heavy atom. The zero-order valence-corrected chi connectivity index (χ0v) is 9.93. The Hall–Kier alpha value is -1.90. The number of hydrogen-bond donors (Lipinski definition) is 2. The Morgan fingerprint density at radius 2 is 1.06 bits per heavy atom. The molecule has 2 aromatic carbocycles. The predicted molar refractivity (Wildman–Crippen MR) is 72.1 cm³/mol. The molecule has 0 saturated carbocycles. The van der Waals surface area contributed by atoms with Crippen LogP contribution < -0.4 is 0 Å². The van der Waals surface area contributed by atoms with E-state index in [4.69, 9.17) is 0 Å². The van der Waals surface area contributed by atoms with Crippen LogP contribution in [0.2, 0.25) is 0 Å². The van der Waals surface area contributed by atoms with Crippen LogP contribution in [0.15, 0.2) is 54.1 Å². The molecule has 0 amide bonds. The summed E-state index contributed by atoms with van der Waals surface area (Å²) < 4.78 is 0. The second-order valence-electron chi connectivity index (χ2n) is 4.39. The lowest BCUT2D eigenvalue weighted by molar-refractivity contribution is 0.277. The van der Waals surface area contributed by atoms with Gasteiger partial charge in [-0.25, -0.2) is 0 Å². The number of hydrogen-bond acceptors (Lipinski definition) is 2. The normalized spacial score (nSPS) is 12.2. The highest BCUT2D eigenvalue weighted by Crippen LogP contribution is 2.45. The molecule has 0 saturated heterocycles. The van der Waals surface area contributed by atoms with E-state index in [1.807, 2.05) is 36.4 Å². The molecule has 2 aromatic rings. The first-order valence-electron chi connectivity index (χ1n) is 5.99. The van der Waals surface area contributed by atoms with Gasteiger partial charge in [0.2, 0.25) is 0 Å². The van der Waals surface area contributed by atoms with Gasteiger partial charge in [-0.1, -0.05) is 48.5 Å². The topological polar surface area (TPSA) is 40.5 Å². The lowest BCUT2D eigenvalue weighted by Gasteiger charge is -2.08. The lowest BCUT2D eigenvalue weighted by Crippen LogP contribution is -2.00. The van der Waals surface area contributed by atoms with Crippen molar-refractivity contribution in [3.05, 3.63) is 65.2 Å². The Bertz CT molecular complexity index is 573. The first-order chi connectivity index (χ1) is 8.86. The van der Waals surface area contributed by atoms with Gasteiger partial charge in [-0.05, 0) is 33.4 Å². The van der Waals surface area contributed by atoms with Gasteiger partial charge in [-0.2, -0.15) is 0 Å². The van der Waals surface area contributed by atoms with Crippen molar-refractivity contribution in [2.45, 2.75) is 0 Å². The second kappa shape index (κ2) is 4.41. The minimum atomic E-state index is -0.117. The fourth-order valence-corrected chi connectivity index (χ4v) is 2.61. The van der Waals surface area contributed by atoms with Gasteiger partial charge in [-0.3, -0.25) is 0 Å². The third-order valence-electron chi connectivity index (χ3n) is 3.42. The number of rotatable bonds is 2. The van der Waals surface area contributed by atoms with Crippen LogP contribution in [0.25, 0.3) is 16.7 Å². The average molecular weight is 238 g/mol. The molecule has 0 unspecified atom stereocenters. The molecule has 2 nitrogen and oxygen atoms in total. The molecule has 0 spiro atoms. The SMILES string of the molecule is OCC(CO)=C1c2ccccc2-c2ccccc21. The van der Waals surface area contributed by atoms with Crippen LogP contribution in [-0.2, 0) is 0 Å². The van der Waals surface area contributed by atoms with E-state index in [0.29, 0.717) is 5.57 Å². The molecule has 0 aliphatic heterocycles. The smallest absolute Gasteiger partial charge is 0.0673 e. The summed E-state index contributed by atoms with van der Waals surface area (Å²) in [6.07, 6.45) is 0. The van der Waals surface area contributed by atoms with Crippen molar-refractivity contribution in [2.24, 2.45) is 0 Å². The molecule has 2 N–H and O–H groups in total. The van der Waals surface area contributed by atoms with Gasteiger partial charge in [0, 0.05) is 0 Å². The molecule has 1 aliphatic carbocycles. The fourth-order valence-electron chi connectivity index (χ4n) is 2.61. The maximum Gasteiger partial charge on any atom is 0.0673 e. The molecule has 0 radical (unpaired) electrons. The molecule has 0 bridgehead atoms. The number of fused-ring (bicyclic) bond motifs is 3. The number of aliphatic hydroxyl groups is 2. The summed E-state index contributed by atoms with van der Waals surface area (Å²) in [5.74, 6) is 0. The fraction of sp³-hybridized carbons (Fsp3) is 0.125. The zero-order chi connectivity index (χ0) is 12.5. The van der Waals surface area contributed by atoms with Gasteiger partial charge >= 0.3 is 0 Å². The second-order valence-corrected chi connectivity index (χ2v) is 4.39. The molecule has 0 heterocycles. The molecule has 18 heavy (non-hydrogen) atoms. The van der Waals surface area contributed by atoms with Gasteiger partial charge in [0.1, 0.15) is 0 Å². The molecular weight excluding hydrogens is 224 g/mol. The highest BCUT2D eigenvalue weighted by molar-refractivity contribution is 6.02. The van der Waals surface area contributed by atoms with Crippen LogP contribution in [0.5, 0.6) is 0 Å². The maximum absolute atomic E-state index is 9.42. The minimum Gasteiger partial charge on any atom is -0.392 e. The first kappa shape index (κ1) is 11.2. The van der Waals surface area contributed by atoms with Gasteiger partial charge in [0.05, 0.1) is 13.2 Å². The summed E-state index contributed by atoms with van der Waals surface area (Å²) in [7, 11) is 0. The molecular formula is C16H14O2. The van der Waals surface area contributed by atoms with E-state index in [9.17, 15) is 10.2 Å². The van der Waals surface area contributed by atoms with E-state index in [1.165, 1.54) is 11.1 Å². The van der Waals surface area contributed by atoms with Crippen LogP contribution in [0.3, 0.4) is 0 Å². The summed E-state index contributed by atoms with van der Waals surface area (Å²) in [6.45, 7) is -0.233. The van der Waals surface area contributed by atoms with E-state index in [2.05, 4.69) is 12.1 Å². The Labute approximate surface area is 106 Å². The van der Waals surface area contributed by atoms with Gasteiger partial charge < -0.3 is 10.2 Å². The highest BCUT2D eigenvalue weighted by atomic mass is 16.3. The molecule has 0 aromatic heterocycles. The van der Waals surface area contributed by atoms with Crippen molar-refractivity contribution < 1.29 is 10.2 Å². The lowest BCUT2D eigenvalue weighted by atomic mass is 9.99. The molecule has 1 aliphatic rings. The third kappa shape index (κ3) is 1.50. The van der Waals surface area contributed by atoms with Crippen molar-refractivity contribution in [1.29, 1.82) is 0 Å². The van der Waals surface area contributed by atoms with Crippen LogP contribution in [-0.4, -0.2) is 23.4 Å².